The van der Waals surface area contributed by atoms with E-state index in [9.17, 15) is 4.79 Å². The predicted molar refractivity (Wildman–Crippen MR) is 76.4 cm³/mol. The number of carboxylic acids is 1. The summed E-state index contributed by atoms with van der Waals surface area (Å²) in [5.74, 6) is -0.0941. The van der Waals surface area contributed by atoms with Crippen LogP contribution in [-0.2, 0) is 4.79 Å². The fraction of sp³-hybridized carbons (Fsp3) is 0.562. The average molecular weight is 261 g/mol. The van der Waals surface area contributed by atoms with Crippen LogP contribution in [0.5, 0.6) is 0 Å². The van der Waals surface area contributed by atoms with Crippen molar-refractivity contribution in [3.63, 3.8) is 0 Å². The Morgan fingerprint density at radius 3 is 2.84 bits per heavy atom. The fourth-order valence-corrected chi connectivity index (χ4v) is 3.11. The largest absolute Gasteiger partial charge is 0.481 e. The van der Waals surface area contributed by atoms with E-state index in [0.717, 1.165) is 19.5 Å². The standard InChI is InChI=1S/C16H23NO2/c1-12-6-3-4-7-15(12)14-10-13(2)17(11-14)9-5-8-16(18)19/h3-4,6-7,13-14H,5,8-11H2,1-2H3,(H,18,19). The molecule has 0 radical (unpaired) electrons. The van der Waals surface area contributed by atoms with Crippen LogP contribution in [0.4, 0.5) is 0 Å². The van der Waals surface area contributed by atoms with Crippen molar-refractivity contribution >= 4 is 5.97 Å². The minimum atomic E-state index is -0.692. The summed E-state index contributed by atoms with van der Waals surface area (Å²) in [7, 11) is 0. The van der Waals surface area contributed by atoms with Crippen molar-refractivity contribution in [2.75, 3.05) is 13.1 Å². The second kappa shape index (κ2) is 6.20. The molecule has 2 unspecified atom stereocenters. The van der Waals surface area contributed by atoms with E-state index < -0.39 is 5.97 Å². The Kier molecular flexibility index (Phi) is 4.59. The third-order valence-corrected chi connectivity index (χ3v) is 4.17. The lowest BCUT2D eigenvalue weighted by molar-refractivity contribution is -0.137. The zero-order valence-electron chi connectivity index (χ0n) is 11.8. The van der Waals surface area contributed by atoms with E-state index in [4.69, 9.17) is 5.11 Å². The highest BCUT2D eigenvalue weighted by Crippen LogP contribution is 2.33. The molecule has 2 rings (SSSR count). The van der Waals surface area contributed by atoms with Gasteiger partial charge in [0, 0.05) is 19.0 Å². The van der Waals surface area contributed by atoms with Crippen molar-refractivity contribution in [1.29, 1.82) is 0 Å². The first kappa shape index (κ1) is 14.1. The molecule has 1 aromatic carbocycles. The SMILES string of the molecule is Cc1ccccc1C1CC(C)N(CCCC(=O)O)C1. The number of hydrogen-bond donors (Lipinski definition) is 1. The molecule has 0 aliphatic carbocycles. The van der Waals surface area contributed by atoms with Gasteiger partial charge in [-0.15, -0.1) is 0 Å². The molecule has 0 bridgehead atoms. The highest BCUT2D eigenvalue weighted by atomic mass is 16.4. The Bertz CT molecular complexity index is 444. The molecule has 1 aliphatic heterocycles. The van der Waals surface area contributed by atoms with E-state index >= 15 is 0 Å². The summed E-state index contributed by atoms with van der Waals surface area (Å²) in [4.78, 5) is 13.0. The first-order valence-electron chi connectivity index (χ1n) is 7.09. The van der Waals surface area contributed by atoms with Gasteiger partial charge in [-0.2, -0.15) is 0 Å². The van der Waals surface area contributed by atoms with Gasteiger partial charge in [-0.05, 0) is 50.3 Å². The lowest BCUT2D eigenvalue weighted by Crippen LogP contribution is -2.28. The van der Waals surface area contributed by atoms with Crippen LogP contribution in [0, 0.1) is 6.92 Å². The number of likely N-dealkylation sites (tertiary alicyclic amines) is 1. The molecule has 3 nitrogen and oxygen atoms in total. The fourth-order valence-electron chi connectivity index (χ4n) is 3.11. The van der Waals surface area contributed by atoms with Gasteiger partial charge in [-0.25, -0.2) is 0 Å². The molecule has 1 saturated heterocycles. The molecule has 1 fully saturated rings. The highest BCUT2D eigenvalue weighted by molar-refractivity contribution is 5.66. The van der Waals surface area contributed by atoms with Gasteiger partial charge >= 0.3 is 5.97 Å². The van der Waals surface area contributed by atoms with E-state index in [0.29, 0.717) is 12.0 Å². The zero-order chi connectivity index (χ0) is 13.8. The molecule has 0 spiro atoms. The number of aryl methyl sites for hydroxylation is 1. The minimum Gasteiger partial charge on any atom is -0.481 e. The second-order valence-electron chi connectivity index (χ2n) is 5.63. The number of nitrogens with zero attached hydrogens (tertiary/aromatic N) is 1. The summed E-state index contributed by atoms with van der Waals surface area (Å²) >= 11 is 0. The number of carbonyl (C=O) groups is 1. The molecule has 2 atom stereocenters. The molecule has 0 amide bonds. The maximum absolute atomic E-state index is 10.6. The third-order valence-electron chi connectivity index (χ3n) is 4.17. The van der Waals surface area contributed by atoms with E-state index in [-0.39, 0.29) is 6.42 Å². The minimum absolute atomic E-state index is 0.276. The van der Waals surface area contributed by atoms with E-state index in [1.165, 1.54) is 17.5 Å². The Labute approximate surface area is 115 Å². The number of rotatable bonds is 5. The van der Waals surface area contributed by atoms with Crippen molar-refractivity contribution in [1.82, 2.24) is 4.90 Å². The van der Waals surface area contributed by atoms with Crippen molar-refractivity contribution in [2.24, 2.45) is 0 Å². The molecule has 1 aromatic rings. The lowest BCUT2D eigenvalue weighted by Gasteiger charge is -2.20. The maximum Gasteiger partial charge on any atom is 0.303 e. The normalized spacial score (nSPS) is 23.7. The van der Waals surface area contributed by atoms with Crippen LogP contribution in [0.25, 0.3) is 0 Å². The monoisotopic (exact) mass is 261 g/mol. The van der Waals surface area contributed by atoms with Gasteiger partial charge in [-0.1, -0.05) is 24.3 Å². The molecule has 0 aromatic heterocycles. The van der Waals surface area contributed by atoms with E-state index in [1.54, 1.807) is 0 Å². The van der Waals surface area contributed by atoms with Crippen LogP contribution in [0.2, 0.25) is 0 Å². The molecule has 3 heteroatoms. The van der Waals surface area contributed by atoms with Crippen LogP contribution < -0.4 is 0 Å². The summed E-state index contributed by atoms with van der Waals surface area (Å²) in [5.41, 5.74) is 2.82. The van der Waals surface area contributed by atoms with Gasteiger partial charge in [0.2, 0.25) is 0 Å². The van der Waals surface area contributed by atoms with Gasteiger partial charge < -0.3 is 10.0 Å². The molecular weight excluding hydrogens is 238 g/mol. The molecular formula is C16H23NO2. The summed E-state index contributed by atoms with van der Waals surface area (Å²) < 4.78 is 0. The lowest BCUT2D eigenvalue weighted by atomic mass is 9.93. The molecule has 1 N–H and O–H groups in total. The number of carboxylic acid groups (broad SMARTS) is 1. The van der Waals surface area contributed by atoms with Crippen LogP contribution in [-0.4, -0.2) is 35.1 Å². The topological polar surface area (TPSA) is 40.5 Å². The molecule has 19 heavy (non-hydrogen) atoms. The smallest absolute Gasteiger partial charge is 0.303 e. The number of hydrogen-bond acceptors (Lipinski definition) is 2. The second-order valence-corrected chi connectivity index (χ2v) is 5.63. The molecule has 104 valence electrons. The van der Waals surface area contributed by atoms with Gasteiger partial charge in [-0.3, -0.25) is 4.79 Å². The van der Waals surface area contributed by atoms with Crippen molar-refractivity contribution in [3.05, 3.63) is 35.4 Å². The summed E-state index contributed by atoms with van der Waals surface area (Å²) in [6.45, 7) is 6.38. The Balaban J connectivity index is 1.94. The molecule has 0 saturated carbocycles. The quantitative estimate of drug-likeness (QED) is 0.885. The van der Waals surface area contributed by atoms with Crippen molar-refractivity contribution in [2.45, 2.75) is 45.1 Å². The van der Waals surface area contributed by atoms with Gasteiger partial charge in [0.15, 0.2) is 0 Å². The first-order chi connectivity index (χ1) is 9.08. The van der Waals surface area contributed by atoms with Crippen molar-refractivity contribution in [3.8, 4) is 0 Å². The van der Waals surface area contributed by atoms with E-state index in [1.807, 2.05) is 0 Å². The first-order valence-corrected chi connectivity index (χ1v) is 7.09. The predicted octanol–water partition coefficient (Wildman–Crippen LogP) is 3.04. The summed E-state index contributed by atoms with van der Waals surface area (Å²) in [6, 6.07) is 9.15. The maximum atomic E-state index is 10.6. The number of benzene rings is 1. The summed E-state index contributed by atoms with van der Waals surface area (Å²) in [6.07, 6.45) is 2.20. The Morgan fingerprint density at radius 2 is 2.16 bits per heavy atom. The molecule has 1 aliphatic rings. The van der Waals surface area contributed by atoms with Gasteiger partial charge in [0.05, 0.1) is 0 Å². The van der Waals surface area contributed by atoms with Gasteiger partial charge in [0.25, 0.3) is 0 Å². The summed E-state index contributed by atoms with van der Waals surface area (Å²) in [5, 5.41) is 8.70. The Morgan fingerprint density at radius 1 is 1.42 bits per heavy atom. The Hall–Kier alpha value is -1.35. The van der Waals surface area contributed by atoms with Crippen molar-refractivity contribution < 1.29 is 9.90 Å². The number of aliphatic carboxylic acids is 1. The van der Waals surface area contributed by atoms with E-state index in [2.05, 4.69) is 43.0 Å². The third kappa shape index (κ3) is 3.57. The molecule has 1 heterocycles. The van der Waals surface area contributed by atoms with Gasteiger partial charge in [0.1, 0.15) is 0 Å². The highest BCUT2D eigenvalue weighted by Gasteiger charge is 2.30. The zero-order valence-corrected chi connectivity index (χ0v) is 11.8. The van der Waals surface area contributed by atoms with Crippen LogP contribution in [0.15, 0.2) is 24.3 Å². The average Bonchev–Trinajstić information content (AvgIpc) is 2.71. The van der Waals surface area contributed by atoms with Crippen LogP contribution >= 0.6 is 0 Å². The van der Waals surface area contributed by atoms with Crippen LogP contribution in [0.3, 0.4) is 0 Å². The van der Waals surface area contributed by atoms with Crippen LogP contribution in [0.1, 0.15) is 43.2 Å².